The van der Waals surface area contributed by atoms with Crippen LogP contribution in [0, 0.1) is 0 Å². The van der Waals surface area contributed by atoms with Gasteiger partial charge in [0.15, 0.2) is 0 Å². The van der Waals surface area contributed by atoms with E-state index in [1.54, 1.807) is 21.6 Å². The molecule has 0 saturated carbocycles. The molecule has 4 aromatic rings. The van der Waals surface area contributed by atoms with Crippen LogP contribution in [0.3, 0.4) is 0 Å². The molecule has 7 nitrogen and oxygen atoms in total. The van der Waals surface area contributed by atoms with Crippen molar-refractivity contribution >= 4 is 83.5 Å². The number of rotatable bonds is 17. The van der Waals surface area contributed by atoms with E-state index in [4.69, 9.17) is 0 Å². The van der Waals surface area contributed by atoms with E-state index >= 15 is 0 Å². The first-order chi connectivity index (χ1) is 22.1. The molecule has 2 aliphatic heterocycles. The number of hydrogen-bond donors (Lipinski definition) is 4. The van der Waals surface area contributed by atoms with Crippen LogP contribution in [0.5, 0.6) is 0 Å². The summed E-state index contributed by atoms with van der Waals surface area (Å²) in [5.41, 5.74) is 1.38. The van der Waals surface area contributed by atoms with Crippen LogP contribution < -0.4 is 21.3 Å². The second kappa shape index (κ2) is 15.6. The van der Waals surface area contributed by atoms with Crippen LogP contribution in [0.1, 0.15) is 50.5 Å². The Kier molecular flexibility index (Phi) is 11.2. The Morgan fingerprint density at radius 3 is 2.38 bits per heavy atom. The third-order valence-electron chi connectivity index (χ3n) is 8.90. The van der Waals surface area contributed by atoms with Crippen LogP contribution >= 0.6 is 33.3 Å². The van der Waals surface area contributed by atoms with E-state index in [9.17, 15) is 14.4 Å². The third-order valence-corrected chi connectivity index (χ3v) is 12.8. The van der Waals surface area contributed by atoms with Gasteiger partial charge in [0.25, 0.3) is 0 Å². The second-order valence-corrected chi connectivity index (χ2v) is 16.0. The van der Waals surface area contributed by atoms with Crippen LogP contribution in [-0.4, -0.2) is 65.5 Å². The number of carbonyl (C=O) groups is 3. The van der Waals surface area contributed by atoms with Gasteiger partial charge in [-0.2, -0.15) is 11.8 Å². The Morgan fingerprint density at radius 2 is 1.51 bits per heavy atom. The number of aryl methyl sites for hydroxylation is 1. The number of carbonyl (C=O) groups excluding carboxylic acids is 3. The minimum Gasteiger partial charge on any atom is -0.356 e. The van der Waals surface area contributed by atoms with Gasteiger partial charge in [-0.3, -0.25) is 9.59 Å². The molecule has 4 N–H and O–H groups in total. The Balaban J connectivity index is 0.777. The standard InChI is InChI=1S/C35H42N4O3S3/c40-30(10-2-1-9-29-34-28(22-43-29)38-35(42)39-34)37-19-21-45-44-20-17-31(41)36-18-4-3-6-23-11-12-26-14-13-24-7-5-8-25-15-16-27(23)33(26)32(24)25/h5,7-8,11-16,28-29,34H,1-4,6,9-10,17-22H2,(H,36,41)(H,37,40)(H2,38,39,42)/t28-,29-,34-/m0/s1. The molecule has 2 heterocycles. The first-order valence-corrected chi connectivity index (χ1v) is 19.7. The predicted octanol–water partition coefficient (Wildman–Crippen LogP) is 6.64. The fourth-order valence-corrected chi connectivity index (χ4v) is 10.1. The fraction of sp³-hybridized carbons (Fsp3) is 0.457. The minimum absolute atomic E-state index is 0.0487. The van der Waals surface area contributed by atoms with Crippen LogP contribution in [0.15, 0.2) is 54.6 Å². The number of unbranched alkanes of at least 4 members (excludes halogenated alkanes) is 2. The minimum atomic E-state index is -0.0487. The molecule has 0 bridgehead atoms. The molecule has 4 amide bonds. The van der Waals surface area contributed by atoms with E-state index in [-0.39, 0.29) is 29.9 Å². The molecule has 238 valence electrons. The van der Waals surface area contributed by atoms with Gasteiger partial charge in [0.2, 0.25) is 11.8 Å². The van der Waals surface area contributed by atoms with Gasteiger partial charge in [-0.05, 0) is 70.0 Å². The molecule has 45 heavy (non-hydrogen) atoms. The van der Waals surface area contributed by atoms with Crippen LogP contribution in [-0.2, 0) is 16.0 Å². The van der Waals surface area contributed by atoms with Crippen molar-refractivity contribution in [3.05, 3.63) is 60.2 Å². The van der Waals surface area contributed by atoms with E-state index in [1.165, 1.54) is 37.9 Å². The van der Waals surface area contributed by atoms with Gasteiger partial charge < -0.3 is 21.3 Å². The monoisotopic (exact) mass is 662 g/mol. The lowest BCUT2D eigenvalue weighted by Gasteiger charge is -2.16. The Hall–Kier alpha value is -2.82. The molecule has 2 aliphatic rings. The van der Waals surface area contributed by atoms with E-state index in [0.29, 0.717) is 31.2 Å². The zero-order valence-corrected chi connectivity index (χ0v) is 28.0. The molecule has 6 rings (SSSR count). The van der Waals surface area contributed by atoms with Crippen molar-refractivity contribution in [1.82, 2.24) is 21.3 Å². The molecule has 3 atom stereocenters. The van der Waals surface area contributed by atoms with Gasteiger partial charge in [0.1, 0.15) is 0 Å². The molecule has 2 saturated heterocycles. The topological polar surface area (TPSA) is 99.3 Å². The lowest BCUT2D eigenvalue weighted by Crippen LogP contribution is -2.36. The third kappa shape index (κ3) is 8.13. The smallest absolute Gasteiger partial charge is 0.315 e. The number of thioether (sulfide) groups is 1. The summed E-state index contributed by atoms with van der Waals surface area (Å²) < 4.78 is 0. The lowest BCUT2D eigenvalue weighted by atomic mass is 9.90. The number of fused-ring (bicyclic) bond motifs is 1. The summed E-state index contributed by atoms with van der Waals surface area (Å²) in [6, 6.07) is 20.4. The molecule has 0 unspecified atom stereocenters. The van der Waals surface area contributed by atoms with Gasteiger partial charge in [-0.15, -0.1) is 0 Å². The first kappa shape index (κ1) is 32.1. The average Bonchev–Trinajstić information content (AvgIpc) is 3.60. The highest BCUT2D eigenvalue weighted by Crippen LogP contribution is 2.36. The average molecular weight is 663 g/mol. The van der Waals surface area contributed by atoms with Crippen molar-refractivity contribution < 1.29 is 14.4 Å². The van der Waals surface area contributed by atoms with Crippen molar-refractivity contribution in [3.8, 4) is 0 Å². The maximum absolute atomic E-state index is 12.3. The predicted molar refractivity (Wildman–Crippen MR) is 193 cm³/mol. The molecule has 0 radical (unpaired) electrons. The van der Waals surface area contributed by atoms with Crippen molar-refractivity contribution in [2.45, 2.75) is 68.7 Å². The largest absolute Gasteiger partial charge is 0.356 e. The number of urea groups is 1. The maximum Gasteiger partial charge on any atom is 0.315 e. The summed E-state index contributed by atoms with van der Waals surface area (Å²) >= 11 is 1.92. The number of amides is 4. The number of nitrogens with one attached hydrogen (secondary N) is 4. The van der Waals surface area contributed by atoms with Gasteiger partial charge in [0, 0.05) is 48.4 Å². The zero-order chi connectivity index (χ0) is 31.0. The Bertz CT molecular complexity index is 1620. The van der Waals surface area contributed by atoms with Crippen LogP contribution in [0.2, 0.25) is 0 Å². The summed E-state index contributed by atoms with van der Waals surface area (Å²) in [4.78, 5) is 35.9. The fourth-order valence-electron chi connectivity index (χ4n) is 6.62. The van der Waals surface area contributed by atoms with E-state index < -0.39 is 0 Å². The van der Waals surface area contributed by atoms with E-state index in [1.807, 2.05) is 11.8 Å². The van der Waals surface area contributed by atoms with Crippen LogP contribution in [0.4, 0.5) is 4.79 Å². The lowest BCUT2D eigenvalue weighted by molar-refractivity contribution is -0.121. The Labute approximate surface area is 277 Å². The molecule has 0 aliphatic carbocycles. The summed E-state index contributed by atoms with van der Waals surface area (Å²) in [7, 11) is 3.39. The van der Waals surface area contributed by atoms with Gasteiger partial charge in [0.05, 0.1) is 12.1 Å². The van der Waals surface area contributed by atoms with Crippen molar-refractivity contribution in [1.29, 1.82) is 0 Å². The van der Waals surface area contributed by atoms with Crippen LogP contribution in [0.25, 0.3) is 32.3 Å². The molecule has 2 fully saturated rings. The zero-order valence-electron chi connectivity index (χ0n) is 25.6. The highest BCUT2D eigenvalue weighted by molar-refractivity contribution is 8.76. The molecule has 0 spiro atoms. The maximum atomic E-state index is 12.3. The second-order valence-electron chi connectivity index (χ2n) is 12.0. The van der Waals surface area contributed by atoms with Crippen molar-refractivity contribution in [2.24, 2.45) is 0 Å². The normalized spacial score (nSPS) is 19.2. The number of benzene rings is 4. The van der Waals surface area contributed by atoms with E-state index in [2.05, 4.69) is 75.9 Å². The highest BCUT2D eigenvalue weighted by atomic mass is 33.1. The first-order valence-electron chi connectivity index (χ1n) is 16.2. The molecule has 0 aromatic heterocycles. The summed E-state index contributed by atoms with van der Waals surface area (Å²) in [6.07, 6.45) is 6.98. The van der Waals surface area contributed by atoms with Gasteiger partial charge in [-0.1, -0.05) is 82.6 Å². The summed E-state index contributed by atoms with van der Waals surface area (Å²) in [5, 5.41) is 20.5. The summed E-state index contributed by atoms with van der Waals surface area (Å²) in [6.45, 7) is 1.36. The SMILES string of the molecule is O=C(CCCC[C@@H]1SC[C@@H]2NC(=O)N[C@@H]21)NCCSSCCC(=O)NCCCCc1ccc2ccc3cccc4ccc1c2c34. The highest BCUT2D eigenvalue weighted by Gasteiger charge is 2.42. The van der Waals surface area contributed by atoms with E-state index in [0.717, 1.165) is 55.8 Å². The quantitative estimate of drug-likeness (QED) is 0.0438. The van der Waals surface area contributed by atoms with Crippen molar-refractivity contribution in [2.75, 3.05) is 30.3 Å². The number of hydrogen-bond acceptors (Lipinski definition) is 6. The molecular formula is C35H42N4O3S3. The molecular weight excluding hydrogens is 621 g/mol. The molecule has 4 aromatic carbocycles. The van der Waals surface area contributed by atoms with Gasteiger partial charge in [-0.25, -0.2) is 4.79 Å². The summed E-state index contributed by atoms with van der Waals surface area (Å²) in [5.74, 6) is 2.78. The van der Waals surface area contributed by atoms with Crippen molar-refractivity contribution in [3.63, 3.8) is 0 Å². The van der Waals surface area contributed by atoms with Gasteiger partial charge >= 0.3 is 6.03 Å². The molecule has 10 heteroatoms. The Morgan fingerprint density at radius 1 is 0.778 bits per heavy atom.